The Labute approximate surface area is 184 Å². The Hall–Kier alpha value is -2.24. The molecule has 1 aromatic heterocycles. The van der Waals surface area contributed by atoms with Crippen LogP contribution in [-0.2, 0) is 30.4 Å². The van der Waals surface area contributed by atoms with Crippen molar-refractivity contribution in [1.82, 2.24) is 9.88 Å². The van der Waals surface area contributed by atoms with Crippen molar-refractivity contribution in [2.24, 2.45) is 0 Å². The van der Waals surface area contributed by atoms with E-state index in [-0.39, 0.29) is 24.2 Å². The number of amides is 1. The first-order valence-electron chi connectivity index (χ1n) is 10.4. The number of piperidine rings is 1. The van der Waals surface area contributed by atoms with E-state index in [9.17, 15) is 18.0 Å². The summed E-state index contributed by atoms with van der Waals surface area (Å²) in [6.45, 7) is 7.11. The standard InChI is InChI=1S/C19H28N2O4.C2HF3O2/c1-3-23-13-18(22)21-9-5-8-19(14-21)10-17(12-25-19)24-11-16-7-4-6-15(2)20-16;3-2(4,5)1(6)7/h4,6-7,17H,3,5,8-14H2,1-2H3;(H,6,7)/t17-,19+;/m1./s1. The predicted molar refractivity (Wildman–Crippen MR) is 107 cm³/mol. The molecule has 180 valence electrons. The summed E-state index contributed by atoms with van der Waals surface area (Å²) in [4.78, 5) is 27.5. The van der Waals surface area contributed by atoms with Gasteiger partial charge in [-0.1, -0.05) is 6.07 Å². The second kappa shape index (κ2) is 11.6. The molecule has 2 atom stereocenters. The molecule has 2 aliphatic heterocycles. The third kappa shape index (κ3) is 8.03. The number of hydrogen-bond donors (Lipinski definition) is 1. The lowest BCUT2D eigenvalue weighted by atomic mass is 9.89. The van der Waals surface area contributed by atoms with Crippen molar-refractivity contribution in [2.45, 2.75) is 57.6 Å². The Bertz CT molecular complexity index is 776. The minimum Gasteiger partial charge on any atom is -0.475 e. The number of aliphatic carboxylic acids is 1. The number of hydrogen-bond acceptors (Lipinski definition) is 6. The summed E-state index contributed by atoms with van der Waals surface area (Å²) in [5.41, 5.74) is 1.68. The number of alkyl halides is 3. The highest BCUT2D eigenvalue weighted by molar-refractivity contribution is 5.77. The molecule has 0 bridgehead atoms. The third-order valence-electron chi connectivity index (χ3n) is 5.15. The van der Waals surface area contributed by atoms with E-state index in [2.05, 4.69) is 4.98 Å². The average Bonchev–Trinajstić information content (AvgIpc) is 3.12. The van der Waals surface area contributed by atoms with Gasteiger partial charge in [0.15, 0.2) is 0 Å². The van der Waals surface area contributed by atoms with Crippen LogP contribution in [0.2, 0.25) is 0 Å². The molecule has 8 nitrogen and oxygen atoms in total. The third-order valence-corrected chi connectivity index (χ3v) is 5.15. The van der Waals surface area contributed by atoms with Crippen molar-refractivity contribution in [3.8, 4) is 0 Å². The summed E-state index contributed by atoms with van der Waals surface area (Å²) >= 11 is 0. The predicted octanol–water partition coefficient (Wildman–Crippen LogP) is 2.73. The van der Waals surface area contributed by atoms with Gasteiger partial charge >= 0.3 is 12.1 Å². The van der Waals surface area contributed by atoms with Crippen LogP contribution in [0.4, 0.5) is 13.2 Å². The first kappa shape index (κ1) is 26.0. The summed E-state index contributed by atoms with van der Waals surface area (Å²) < 4.78 is 49.1. The maximum atomic E-state index is 12.2. The maximum Gasteiger partial charge on any atom is 0.490 e. The van der Waals surface area contributed by atoms with Gasteiger partial charge in [0.2, 0.25) is 5.91 Å². The van der Waals surface area contributed by atoms with E-state index in [0.29, 0.717) is 26.4 Å². The highest BCUT2D eigenvalue weighted by atomic mass is 19.4. The summed E-state index contributed by atoms with van der Waals surface area (Å²) in [5, 5.41) is 7.12. The van der Waals surface area contributed by atoms with Crippen LogP contribution in [0.15, 0.2) is 18.2 Å². The van der Waals surface area contributed by atoms with Crippen LogP contribution in [0, 0.1) is 6.92 Å². The highest BCUT2D eigenvalue weighted by Gasteiger charge is 2.45. The Kier molecular flexibility index (Phi) is 9.41. The molecule has 2 fully saturated rings. The van der Waals surface area contributed by atoms with Gasteiger partial charge in [0.25, 0.3) is 0 Å². The van der Waals surface area contributed by atoms with Gasteiger partial charge in [0.05, 0.1) is 30.6 Å². The lowest BCUT2D eigenvalue weighted by Crippen LogP contribution is -2.51. The summed E-state index contributed by atoms with van der Waals surface area (Å²) in [6.07, 6.45) is -2.25. The van der Waals surface area contributed by atoms with Crippen LogP contribution < -0.4 is 0 Å². The van der Waals surface area contributed by atoms with Crippen LogP contribution in [0.1, 0.15) is 37.6 Å². The van der Waals surface area contributed by atoms with Gasteiger partial charge in [0, 0.05) is 31.8 Å². The lowest BCUT2D eigenvalue weighted by Gasteiger charge is -2.39. The topological polar surface area (TPSA) is 98.2 Å². The van der Waals surface area contributed by atoms with Crippen LogP contribution in [0.25, 0.3) is 0 Å². The average molecular weight is 462 g/mol. The number of carboxylic acids is 1. The van der Waals surface area contributed by atoms with Gasteiger partial charge in [0.1, 0.15) is 6.61 Å². The van der Waals surface area contributed by atoms with Crippen LogP contribution in [0.5, 0.6) is 0 Å². The van der Waals surface area contributed by atoms with E-state index in [1.807, 2.05) is 36.9 Å². The molecule has 1 amide bonds. The van der Waals surface area contributed by atoms with Crippen molar-refractivity contribution in [2.75, 3.05) is 32.9 Å². The zero-order valence-corrected chi connectivity index (χ0v) is 18.2. The van der Waals surface area contributed by atoms with Crippen molar-refractivity contribution >= 4 is 11.9 Å². The van der Waals surface area contributed by atoms with Crippen LogP contribution >= 0.6 is 0 Å². The Morgan fingerprint density at radius 1 is 1.38 bits per heavy atom. The van der Waals surface area contributed by atoms with Crippen molar-refractivity contribution < 1.29 is 42.1 Å². The van der Waals surface area contributed by atoms with Gasteiger partial charge in [-0.25, -0.2) is 4.79 Å². The Balaban J connectivity index is 0.000000451. The number of nitrogens with zero attached hydrogens (tertiary/aromatic N) is 2. The molecule has 11 heteroatoms. The fourth-order valence-corrected chi connectivity index (χ4v) is 3.67. The van der Waals surface area contributed by atoms with Gasteiger partial charge in [-0.2, -0.15) is 13.2 Å². The SMILES string of the molecule is CCOCC(=O)N1CCC[C@]2(C[C@@H](OCc3cccc(C)n3)CO2)C1.O=C(O)C(F)(F)F. The van der Waals surface area contributed by atoms with E-state index < -0.39 is 12.1 Å². The monoisotopic (exact) mass is 462 g/mol. The fraction of sp³-hybridized carbons (Fsp3) is 0.667. The van der Waals surface area contributed by atoms with Gasteiger partial charge in [-0.05, 0) is 38.8 Å². The van der Waals surface area contributed by atoms with Gasteiger partial charge in [-0.3, -0.25) is 9.78 Å². The largest absolute Gasteiger partial charge is 0.490 e. The molecular weight excluding hydrogens is 433 g/mol. The summed E-state index contributed by atoms with van der Waals surface area (Å²) in [5.74, 6) is -2.70. The Morgan fingerprint density at radius 3 is 2.72 bits per heavy atom. The molecule has 3 heterocycles. The molecule has 0 saturated carbocycles. The molecule has 2 aliphatic rings. The molecular formula is C21H29F3N2O6. The van der Waals surface area contributed by atoms with E-state index in [1.54, 1.807) is 0 Å². The number of pyridine rings is 1. The number of aromatic nitrogens is 1. The molecule has 0 aromatic carbocycles. The molecule has 1 aromatic rings. The summed E-state index contributed by atoms with van der Waals surface area (Å²) in [7, 11) is 0. The maximum absolute atomic E-state index is 12.2. The van der Waals surface area contributed by atoms with Crippen LogP contribution in [-0.4, -0.2) is 77.7 Å². The molecule has 0 radical (unpaired) electrons. The minimum absolute atomic E-state index is 0.0536. The summed E-state index contributed by atoms with van der Waals surface area (Å²) in [6, 6.07) is 5.96. The molecule has 3 rings (SSSR count). The van der Waals surface area contributed by atoms with Crippen molar-refractivity contribution in [3.05, 3.63) is 29.6 Å². The molecule has 0 unspecified atom stereocenters. The van der Waals surface area contributed by atoms with E-state index in [1.165, 1.54) is 0 Å². The minimum atomic E-state index is -5.08. The Morgan fingerprint density at radius 2 is 2.09 bits per heavy atom. The first-order valence-corrected chi connectivity index (χ1v) is 10.4. The molecule has 1 spiro atoms. The highest BCUT2D eigenvalue weighted by Crippen LogP contribution is 2.36. The van der Waals surface area contributed by atoms with E-state index >= 15 is 0 Å². The number of ether oxygens (including phenoxy) is 3. The first-order chi connectivity index (χ1) is 15.0. The quantitative estimate of drug-likeness (QED) is 0.694. The fourth-order valence-electron chi connectivity index (χ4n) is 3.67. The molecule has 2 saturated heterocycles. The number of likely N-dealkylation sites (tertiary alicyclic amines) is 1. The van der Waals surface area contributed by atoms with Crippen molar-refractivity contribution in [3.63, 3.8) is 0 Å². The number of carbonyl (C=O) groups excluding carboxylic acids is 1. The number of carbonyl (C=O) groups is 2. The van der Waals surface area contributed by atoms with Crippen LogP contribution in [0.3, 0.4) is 0 Å². The van der Waals surface area contributed by atoms with E-state index in [4.69, 9.17) is 24.1 Å². The number of aryl methyl sites for hydroxylation is 1. The molecule has 32 heavy (non-hydrogen) atoms. The molecule has 0 aliphatic carbocycles. The zero-order chi connectivity index (χ0) is 23.8. The second-order valence-electron chi connectivity index (χ2n) is 7.76. The molecule has 1 N–H and O–H groups in total. The smallest absolute Gasteiger partial charge is 0.475 e. The lowest BCUT2D eigenvalue weighted by molar-refractivity contribution is -0.192. The second-order valence-corrected chi connectivity index (χ2v) is 7.76. The van der Waals surface area contributed by atoms with E-state index in [0.717, 1.165) is 37.2 Å². The van der Waals surface area contributed by atoms with Gasteiger partial charge in [-0.15, -0.1) is 0 Å². The van der Waals surface area contributed by atoms with Crippen molar-refractivity contribution in [1.29, 1.82) is 0 Å². The number of carboxylic acid groups (broad SMARTS) is 1. The zero-order valence-electron chi connectivity index (χ0n) is 18.2. The number of rotatable bonds is 6. The normalized spacial score (nSPS) is 23.0. The van der Waals surface area contributed by atoms with Gasteiger partial charge < -0.3 is 24.2 Å². The number of halogens is 3.